The molecule has 0 atom stereocenters. The van der Waals surface area contributed by atoms with Crippen molar-refractivity contribution in [1.82, 2.24) is 4.98 Å². The van der Waals surface area contributed by atoms with Gasteiger partial charge < -0.3 is 15.8 Å². The van der Waals surface area contributed by atoms with Crippen LogP contribution in [0.25, 0.3) is 0 Å². The molecule has 2 rings (SSSR count). The van der Waals surface area contributed by atoms with E-state index >= 15 is 0 Å². The van der Waals surface area contributed by atoms with E-state index in [-0.39, 0.29) is 5.84 Å². The molecule has 1 aromatic carbocycles. The van der Waals surface area contributed by atoms with Crippen molar-refractivity contribution in [3.05, 3.63) is 52.6 Å². The van der Waals surface area contributed by atoms with Crippen LogP contribution >= 0.6 is 15.9 Å². The number of nitrogens with two attached hydrogens (primary N) is 1. The van der Waals surface area contributed by atoms with Crippen LogP contribution in [0.3, 0.4) is 0 Å². The summed E-state index contributed by atoms with van der Waals surface area (Å²) in [6.45, 7) is 0. The molecule has 0 unspecified atom stereocenters. The van der Waals surface area contributed by atoms with Crippen LogP contribution in [0.2, 0.25) is 0 Å². The van der Waals surface area contributed by atoms with Crippen LogP contribution in [0, 0.1) is 0 Å². The minimum absolute atomic E-state index is 0.0690. The average Bonchev–Trinajstić information content (AvgIpc) is 2.46. The molecule has 5 nitrogen and oxygen atoms in total. The molecule has 19 heavy (non-hydrogen) atoms. The molecule has 2 aromatic rings. The number of nitrogens with zero attached hydrogens (tertiary/aromatic N) is 3. The van der Waals surface area contributed by atoms with Crippen molar-refractivity contribution < 1.29 is 5.21 Å². The molecule has 3 N–H and O–H groups in total. The highest BCUT2D eigenvalue weighted by molar-refractivity contribution is 9.10. The van der Waals surface area contributed by atoms with Crippen LogP contribution in [0.15, 0.2) is 52.2 Å². The van der Waals surface area contributed by atoms with Gasteiger partial charge in [0, 0.05) is 23.3 Å². The molecule has 0 saturated heterocycles. The minimum Gasteiger partial charge on any atom is -0.409 e. The van der Waals surface area contributed by atoms with Gasteiger partial charge in [0.15, 0.2) is 5.84 Å². The SMILES string of the molecule is CN(c1ccc(Br)cn1)c1ccccc1/C(N)=N/O. The standard InChI is InChI=1S/C13H13BrN4O/c1-18(12-7-6-9(14)8-16-12)11-5-3-2-4-10(11)13(15)17-19/h2-8,19H,1H3,(H2,15,17). The van der Waals surface area contributed by atoms with Gasteiger partial charge in [0.25, 0.3) is 0 Å². The lowest BCUT2D eigenvalue weighted by atomic mass is 10.1. The van der Waals surface area contributed by atoms with Gasteiger partial charge in [-0.1, -0.05) is 17.3 Å². The zero-order chi connectivity index (χ0) is 13.8. The van der Waals surface area contributed by atoms with Crippen LogP contribution < -0.4 is 10.6 Å². The maximum atomic E-state index is 8.82. The fraction of sp³-hybridized carbons (Fsp3) is 0.0769. The molecule has 1 heterocycles. The second-order valence-electron chi connectivity index (χ2n) is 3.90. The first-order chi connectivity index (χ1) is 9.13. The summed E-state index contributed by atoms with van der Waals surface area (Å²) in [5.74, 6) is 0.834. The quantitative estimate of drug-likeness (QED) is 0.394. The second kappa shape index (κ2) is 5.71. The van der Waals surface area contributed by atoms with Crippen molar-refractivity contribution >= 4 is 33.3 Å². The number of hydrogen-bond donors (Lipinski definition) is 2. The van der Waals surface area contributed by atoms with Crippen LogP contribution in [0.4, 0.5) is 11.5 Å². The van der Waals surface area contributed by atoms with Crippen LogP contribution in [0.5, 0.6) is 0 Å². The highest BCUT2D eigenvalue weighted by Crippen LogP contribution is 2.26. The van der Waals surface area contributed by atoms with Crippen molar-refractivity contribution in [3.63, 3.8) is 0 Å². The highest BCUT2D eigenvalue weighted by atomic mass is 79.9. The van der Waals surface area contributed by atoms with Crippen molar-refractivity contribution in [2.75, 3.05) is 11.9 Å². The lowest BCUT2D eigenvalue weighted by Crippen LogP contribution is -2.19. The van der Waals surface area contributed by atoms with Gasteiger partial charge in [0.2, 0.25) is 0 Å². The third kappa shape index (κ3) is 2.85. The number of amidine groups is 1. The Hall–Kier alpha value is -2.08. The summed E-state index contributed by atoms with van der Waals surface area (Å²) in [6, 6.07) is 11.2. The Labute approximate surface area is 119 Å². The van der Waals surface area contributed by atoms with Crippen LogP contribution in [0.1, 0.15) is 5.56 Å². The normalized spacial score (nSPS) is 11.4. The molecule has 0 aliphatic heterocycles. The number of hydrogen-bond acceptors (Lipinski definition) is 4. The van der Waals surface area contributed by atoms with Gasteiger partial charge >= 0.3 is 0 Å². The second-order valence-corrected chi connectivity index (χ2v) is 4.81. The molecular weight excluding hydrogens is 308 g/mol. The van der Waals surface area contributed by atoms with E-state index in [2.05, 4.69) is 26.1 Å². The van der Waals surface area contributed by atoms with Crippen molar-refractivity contribution in [2.24, 2.45) is 10.9 Å². The molecular formula is C13H13BrN4O. The van der Waals surface area contributed by atoms with E-state index in [1.807, 2.05) is 42.3 Å². The van der Waals surface area contributed by atoms with E-state index in [0.717, 1.165) is 16.0 Å². The number of aromatic nitrogens is 1. The third-order valence-corrected chi connectivity index (χ3v) is 3.17. The van der Waals surface area contributed by atoms with Gasteiger partial charge in [-0.25, -0.2) is 4.98 Å². The molecule has 0 amide bonds. The minimum atomic E-state index is 0.0690. The Bertz CT molecular complexity index is 598. The predicted octanol–water partition coefficient (Wildman–Crippen LogP) is 2.71. The zero-order valence-electron chi connectivity index (χ0n) is 10.3. The molecule has 0 bridgehead atoms. The monoisotopic (exact) mass is 320 g/mol. The van der Waals surface area contributed by atoms with Crippen molar-refractivity contribution in [2.45, 2.75) is 0 Å². The fourth-order valence-corrected chi connectivity index (χ4v) is 1.96. The molecule has 0 spiro atoms. The first kappa shape index (κ1) is 13.4. The summed E-state index contributed by atoms with van der Waals surface area (Å²) in [5, 5.41) is 11.9. The van der Waals surface area contributed by atoms with Crippen LogP contribution in [-0.2, 0) is 0 Å². The van der Waals surface area contributed by atoms with Gasteiger partial charge in [0.05, 0.1) is 5.69 Å². The number of benzene rings is 1. The summed E-state index contributed by atoms with van der Waals surface area (Å²) in [5.41, 5.74) is 7.14. The number of rotatable bonds is 3. The molecule has 98 valence electrons. The third-order valence-electron chi connectivity index (χ3n) is 2.70. The molecule has 0 aliphatic rings. The number of pyridine rings is 1. The Morgan fingerprint density at radius 2 is 2.05 bits per heavy atom. The Morgan fingerprint density at radius 1 is 1.32 bits per heavy atom. The average molecular weight is 321 g/mol. The molecule has 0 saturated carbocycles. The van der Waals surface area contributed by atoms with Gasteiger partial charge in [-0.05, 0) is 40.2 Å². The first-order valence-electron chi connectivity index (χ1n) is 5.55. The molecule has 0 aliphatic carbocycles. The predicted molar refractivity (Wildman–Crippen MR) is 79.0 cm³/mol. The number of halogens is 1. The van der Waals surface area contributed by atoms with Crippen molar-refractivity contribution in [1.29, 1.82) is 0 Å². The van der Waals surface area contributed by atoms with E-state index in [1.54, 1.807) is 12.3 Å². The summed E-state index contributed by atoms with van der Waals surface area (Å²) >= 11 is 3.35. The molecule has 0 fully saturated rings. The maximum absolute atomic E-state index is 8.82. The zero-order valence-corrected chi connectivity index (χ0v) is 11.9. The Morgan fingerprint density at radius 3 is 2.68 bits per heavy atom. The Kier molecular flexibility index (Phi) is 4.01. The number of anilines is 2. The highest BCUT2D eigenvalue weighted by Gasteiger charge is 2.12. The van der Waals surface area contributed by atoms with Crippen LogP contribution in [-0.4, -0.2) is 23.1 Å². The van der Waals surface area contributed by atoms with E-state index < -0.39 is 0 Å². The fourth-order valence-electron chi connectivity index (χ4n) is 1.73. The van der Waals surface area contributed by atoms with E-state index in [0.29, 0.717) is 5.56 Å². The molecule has 6 heteroatoms. The smallest absolute Gasteiger partial charge is 0.172 e. The first-order valence-corrected chi connectivity index (χ1v) is 6.35. The summed E-state index contributed by atoms with van der Waals surface area (Å²) < 4.78 is 0.911. The number of para-hydroxylation sites is 1. The largest absolute Gasteiger partial charge is 0.409 e. The van der Waals surface area contributed by atoms with E-state index in [9.17, 15) is 0 Å². The van der Waals surface area contributed by atoms with Gasteiger partial charge in [-0.15, -0.1) is 0 Å². The molecule has 0 radical (unpaired) electrons. The number of oxime groups is 1. The summed E-state index contributed by atoms with van der Waals surface area (Å²) in [6.07, 6.45) is 1.72. The Balaban J connectivity index is 2.44. The van der Waals surface area contributed by atoms with Gasteiger partial charge in [-0.2, -0.15) is 0 Å². The lowest BCUT2D eigenvalue weighted by Gasteiger charge is -2.21. The summed E-state index contributed by atoms with van der Waals surface area (Å²) in [4.78, 5) is 6.19. The van der Waals surface area contributed by atoms with Gasteiger partial charge in [0.1, 0.15) is 5.82 Å². The van der Waals surface area contributed by atoms with E-state index in [1.165, 1.54) is 0 Å². The van der Waals surface area contributed by atoms with E-state index in [4.69, 9.17) is 10.9 Å². The topological polar surface area (TPSA) is 74.7 Å². The summed E-state index contributed by atoms with van der Waals surface area (Å²) in [7, 11) is 1.87. The van der Waals surface area contributed by atoms with Crippen molar-refractivity contribution in [3.8, 4) is 0 Å². The molecule has 1 aromatic heterocycles. The lowest BCUT2D eigenvalue weighted by molar-refractivity contribution is 0.318. The van der Waals surface area contributed by atoms with Gasteiger partial charge in [-0.3, -0.25) is 0 Å². The maximum Gasteiger partial charge on any atom is 0.172 e.